The van der Waals surface area contributed by atoms with Gasteiger partial charge in [-0.15, -0.1) is 10.2 Å². The summed E-state index contributed by atoms with van der Waals surface area (Å²) in [7, 11) is 1.61. The number of nitrogens with zero attached hydrogens (tertiary/aromatic N) is 2. The molecule has 0 bridgehead atoms. The number of methoxy groups -OCH3 is 1. The Morgan fingerprint density at radius 2 is 2.17 bits per heavy atom. The molecule has 0 saturated heterocycles. The van der Waals surface area contributed by atoms with Crippen LogP contribution in [0.15, 0.2) is 24.3 Å². The molecule has 1 heterocycles. The standard InChI is InChI=1S/C18H23N3O2S/c1-4-5-6-7-17-20-21-18(24-17)19-16(22)11-9-14-12-13(2)8-10-15(14)23-3/h8-12H,4-7H2,1-3H3,(H,19,21,22)/b11-9+. The van der Waals surface area contributed by atoms with Crippen molar-refractivity contribution >= 4 is 28.5 Å². The zero-order valence-electron chi connectivity index (χ0n) is 14.3. The highest BCUT2D eigenvalue weighted by molar-refractivity contribution is 7.15. The molecule has 1 aromatic carbocycles. The quantitative estimate of drug-likeness (QED) is 0.574. The number of hydrogen-bond donors (Lipinski definition) is 1. The Morgan fingerprint density at radius 1 is 1.33 bits per heavy atom. The van der Waals surface area contributed by atoms with Crippen molar-refractivity contribution in [3.8, 4) is 5.75 Å². The van der Waals surface area contributed by atoms with Gasteiger partial charge in [-0.2, -0.15) is 0 Å². The molecule has 0 radical (unpaired) electrons. The molecule has 1 aromatic heterocycles. The molecule has 1 N–H and O–H groups in total. The molecule has 0 atom stereocenters. The number of unbranched alkanes of at least 4 members (excludes halogenated alkanes) is 2. The maximum absolute atomic E-state index is 12.0. The molecule has 24 heavy (non-hydrogen) atoms. The fraction of sp³-hybridized carbons (Fsp3) is 0.389. The highest BCUT2D eigenvalue weighted by Gasteiger charge is 2.06. The van der Waals surface area contributed by atoms with Gasteiger partial charge in [0.25, 0.3) is 0 Å². The third kappa shape index (κ3) is 5.45. The van der Waals surface area contributed by atoms with Crippen molar-refractivity contribution in [2.75, 3.05) is 12.4 Å². The lowest BCUT2D eigenvalue weighted by molar-refractivity contribution is -0.111. The minimum absolute atomic E-state index is 0.227. The first-order chi connectivity index (χ1) is 11.6. The van der Waals surface area contributed by atoms with Crippen LogP contribution in [0, 0.1) is 6.92 Å². The molecule has 0 unspecified atom stereocenters. The number of ether oxygens (including phenoxy) is 1. The molecule has 0 aliphatic heterocycles. The number of benzene rings is 1. The van der Waals surface area contributed by atoms with Gasteiger partial charge in [0.05, 0.1) is 7.11 Å². The van der Waals surface area contributed by atoms with Gasteiger partial charge in [-0.1, -0.05) is 42.7 Å². The van der Waals surface area contributed by atoms with Gasteiger partial charge in [-0.25, -0.2) is 0 Å². The van der Waals surface area contributed by atoms with Crippen LogP contribution in [0.5, 0.6) is 5.75 Å². The molecule has 1 amide bonds. The number of nitrogens with one attached hydrogen (secondary N) is 1. The molecule has 0 fully saturated rings. The van der Waals surface area contributed by atoms with Crippen LogP contribution in [-0.2, 0) is 11.2 Å². The lowest BCUT2D eigenvalue weighted by Gasteiger charge is -2.05. The fourth-order valence-electron chi connectivity index (χ4n) is 2.23. The van der Waals surface area contributed by atoms with Crippen molar-refractivity contribution in [1.29, 1.82) is 0 Å². The van der Waals surface area contributed by atoms with Gasteiger partial charge < -0.3 is 4.74 Å². The van der Waals surface area contributed by atoms with E-state index < -0.39 is 0 Å². The van der Waals surface area contributed by atoms with Gasteiger partial charge in [0, 0.05) is 18.1 Å². The Hall–Kier alpha value is -2.21. The minimum atomic E-state index is -0.227. The second kappa shape index (κ2) is 9.17. The molecular weight excluding hydrogens is 322 g/mol. The topological polar surface area (TPSA) is 64.1 Å². The molecular formula is C18H23N3O2S. The van der Waals surface area contributed by atoms with Crippen LogP contribution in [0.4, 0.5) is 5.13 Å². The maximum Gasteiger partial charge on any atom is 0.250 e. The summed E-state index contributed by atoms with van der Waals surface area (Å²) in [6, 6.07) is 5.83. The maximum atomic E-state index is 12.0. The van der Waals surface area contributed by atoms with Crippen LogP contribution in [0.3, 0.4) is 0 Å². The Morgan fingerprint density at radius 3 is 2.92 bits per heavy atom. The average molecular weight is 345 g/mol. The molecule has 2 rings (SSSR count). The van der Waals surface area contributed by atoms with E-state index in [2.05, 4.69) is 22.4 Å². The zero-order chi connectivity index (χ0) is 17.4. The van der Waals surface area contributed by atoms with Crippen LogP contribution in [-0.4, -0.2) is 23.2 Å². The van der Waals surface area contributed by atoms with Gasteiger partial charge in [-0.3, -0.25) is 10.1 Å². The van der Waals surface area contributed by atoms with E-state index in [4.69, 9.17) is 4.74 Å². The first-order valence-corrected chi connectivity index (χ1v) is 8.90. The van der Waals surface area contributed by atoms with Crippen molar-refractivity contribution in [3.05, 3.63) is 40.4 Å². The minimum Gasteiger partial charge on any atom is -0.496 e. The average Bonchev–Trinajstić information content (AvgIpc) is 3.00. The SMILES string of the molecule is CCCCCc1nnc(NC(=O)/C=C/c2cc(C)ccc2OC)s1. The van der Waals surface area contributed by atoms with Gasteiger partial charge in [0.2, 0.25) is 11.0 Å². The van der Waals surface area contributed by atoms with Crippen molar-refractivity contribution < 1.29 is 9.53 Å². The number of carbonyl (C=O) groups excluding carboxylic acids is 1. The van der Waals surface area contributed by atoms with Crippen molar-refractivity contribution in [2.24, 2.45) is 0 Å². The van der Waals surface area contributed by atoms with Crippen LogP contribution < -0.4 is 10.1 Å². The van der Waals surface area contributed by atoms with E-state index in [0.29, 0.717) is 5.13 Å². The lowest BCUT2D eigenvalue weighted by atomic mass is 10.1. The van der Waals surface area contributed by atoms with E-state index in [1.54, 1.807) is 13.2 Å². The molecule has 6 heteroatoms. The third-order valence-electron chi connectivity index (χ3n) is 3.49. The fourth-order valence-corrected chi connectivity index (χ4v) is 3.01. The summed E-state index contributed by atoms with van der Waals surface area (Å²) in [5.41, 5.74) is 1.97. The summed E-state index contributed by atoms with van der Waals surface area (Å²) < 4.78 is 5.30. The van der Waals surface area contributed by atoms with Gasteiger partial charge in [0.1, 0.15) is 10.8 Å². The number of carbonyl (C=O) groups is 1. The molecule has 2 aromatic rings. The lowest BCUT2D eigenvalue weighted by Crippen LogP contribution is -2.07. The number of anilines is 1. The van der Waals surface area contributed by atoms with Crippen LogP contribution in [0.2, 0.25) is 0 Å². The molecule has 0 saturated carbocycles. The van der Waals surface area contributed by atoms with E-state index in [0.717, 1.165) is 34.7 Å². The highest BCUT2D eigenvalue weighted by Crippen LogP contribution is 2.21. The second-order valence-electron chi connectivity index (χ2n) is 5.53. The zero-order valence-corrected chi connectivity index (χ0v) is 15.2. The van der Waals surface area contributed by atoms with Crippen LogP contribution >= 0.6 is 11.3 Å². The van der Waals surface area contributed by atoms with Crippen LogP contribution in [0.1, 0.15) is 42.3 Å². The summed E-state index contributed by atoms with van der Waals surface area (Å²) in [6.45, 7) is 4.17. The highest BCUT2D eigenvalue weighted by atomic mass is 32.1. The number of aromatic nitrogens is 2. The van der Waals surface area contributed by atoms with Crippen molar-refractivity contribution in [3.63, 3.8) is 0 Å². The summed E-state index contributed by atoms with van der Waals surface area (Å²) in [5.74, 6) is 0.508. The monoisotopic (exact) mass is 345 g/mol. The number of aryl methyl sites for hydroxylation is 2. The van der Waals surface area contributed by atoms with E-state index in [9.17, 15) is 4.79 Å². The second-order valence-corrected chi connectivity index (χ2v) is 6.59. The van der Waals surface area contributed by atoms with Gasteiger partial charge in [0.15, 0.2) is 0 Å². The molecule has 0 spiro atoms. The first kappa shape index (κ1) is 18.1. The smallest absolute Gasteiger partial charge is 0.250 e. The normalized spacial score (nSPS) is 11.0. The number of rotatable bonds is 8. The van der Waals surface area contributed by atoms with E-state index in [1.807, 2.05) is 25.1 Å². The molecule has 0 aliphatic carbocycles. The van der Waals surface area contributed by atoms with Gasteiger partial charge >= 0.3 is 0 Å². The Balaban J connectivity index is 1.94. The van der Waals surface area contributed by atoms with E-state index in [-0.39, 0.29) is 5.91 Å². The molecule has 128 valence electrons. The Labute approximate surface area is 146 Å². The van der Waals surface area contributed by atoms with Crippen LogP contribution in [0.25, 0.3) is 6.08 Å². The molecule has 0 aliphatic rings. The predicted molar refractivity (Wildman–Crippen MR) is 98.5 cm³/mol. The Kier molecular flexibility index (Phi) is 6.93. The van der Waals surface area contributed by atoms with E-state index in [1.165, 1.54) is 30.3 Å². The van der Waals surface area contributed by atoms with Crippen molar-refractivity contribution in [2.45, 2.75) is 39.5 Å². The predicted octanol–water partition coefficient (Wildman–Crippen LogP) is 4.24. The first-order valence-electron chi connectivity index (χ1n) is 8.08. The number of hydrogen-bond acceptors (Lipinski definition) is 5. The summed E-state index contributed by atoms with van der Waals surface area (Å²) in [5, 5.41) is 12.4. The summed E-state index contributed by atoms with van der Waals surface area (Å²) >= 11 is 1.43. The summed E-state index contributed by atoms with van der Waals surface area (Å²) in [6.07, 6.45) is 7.60. The van der Waals surface area contributed by atoms with E-state index >= 15 is 0 Å². The molecule has 5 nitrogen and oxygen atoms in total. The van der Waals surface area contributed by atoms with Crippen molar-refractivity contribution in [1.82, 2.24) is 10.2 Å². The van der Waals surface area contributed by atoms with Gasteiger partial charge in [-0.05, 0) is 31.6 Å². The Bertz CT molecular complexity index is 710. The largest absolute Gasteiger partial charge is 0.496 e. The third-order valence-corrected chi connectivity index (χ3v) is 4.39. The summed E-state index contributed by atoms with van der Waals surface area (Å²) in [4.78, 5) is 12.0. The number of amides is 1.